The Balaban J connectivity index is 1.55. The maximum absolute atomic E-state index is 12.1. The third kappa shape index (κ3) is 5.51. The molecule has 7 heteroatoms. The molecule has 2 aromatic carbocycles. The van der Waals surface area contributed by atoms with E-state index in [0.29, 0.717) is 42.6 Å². The summed E-state index contributed by atoms with van der Waals surface area (Å²) >= 11 is 0. The van der Waals surface area contributed by atoms with E-state index in [9.17, 15) is 9.59 Å². The van der Waals surface area contributed by atoms with Gasteiger partial charge in [-0.15, -0.1) is 0 Å². The van der Waals surface area contributed by atoms with Crippen molar-refractivity contribution in [1.29, 1.82) is 0 Å². The maximum Gasteiger partial charge on any atom is 0.331 e. The number of rotatable bonds is 7. The summed E-state index contributed by atoms with van der Waals surface area (Å²) in [6, 6.07) is 13.0. The Labute approximate surface area is 169 Å². The number of nitrogens with one attached hydrogen (secondary N) is 1. The zero-order chi connectivity index (χ0) is 20.6. The summed E-state index contributed by atoms with van der Waals surface area (Å²) in [5.41, 5.74) is 1.65. The smallest absolute Gasteiger partial charge is 0.331 e. The third-order valence-corrected chi connectivity index (χ3v) is 4.23. The van der Waals surface area contributed by atoms with Crippen molar-refractivity contribution in [3.63, 3.8) is 0 Å². The Morgan fingerprint density at radius 2 is 1.93 bits per heavy atom. The Morgan fingerprint density at radius 1 is 1.17 bits per heavy atom. The summed E-state index contributed by atoms with van der Waals surface area (Å²) in [5, 5.41) is 2.74. The van der Waals surface area contributed by atoms with Crippen molar-refractivity contribution in [3.05, 3.63) is 59.7 Å². The molecule has 0 saturated heterocycles. The second-order valence-electron chi connectivity index (χ2n) is 6.36. The quantitative estimate of drug-likeness (QED) is 0.571. The lowest BCUT2D eigenvalue weighted by Crippen LogP contribution is -2.35. The summed E-state index contributed by atoms with van der Waals surface area (Å²) in [7, 11) is 1.53. The van der Waals surface area contributed by atoms with E-state index in [1.165, 1.54) is 20.1 Å². The number of carbonyl (C=O) groups is 2. The molecule has 1 atom stereocenters. The van der Waals surface area contributed by atoms with Crippen molar-refractivity contribution >= 4 is 18.0 Å². The highest BCUT2D eigenvalue weighted by molar-refractivity contribution is 5.90. The Hall–Kier alpha value is -3.48. The molecule has 0 fully saturated rings. The number of hydrogen-bond donors (Lipinski definition) is 1. The van der Waals surface area contributed by atoms with Gasteiger partial charge in [-0.3, -0.25) is 4.79 Å². The van der Waals surface area contributed by atoms with Crippen molar-refractivity contribution in [2.24, 2.45) is 0 Å². The van der Waals surface area contributed by atoms with Crippen LogP contribution in [0.15, 0.2) is 48.5 Å². The van der Waals surface area contributed by atoms with Crippen LogP contribution in [0.5, 0.6) is 17.2 Å². The average Bonchev–Trinajstić information content (AvgIpc) is 2.76. The molecule has 7 nitrogen and oxygen atoms in total. The molecule has 1 aliphatic heterocycles. The average molecular weight is 397 g/mol. The van der Waals surface area contributed by atoms with Gasteiger partial charge in [-0.2, -0.15) is 0 Å². The first kappa shape index (κ1) is 20.3. The number of esters is 1. The van der Waals surface area contributed by atoms with E-state index in [1.807, 2.05) is 30.3 Å². The number of benzene rings is 2. The third-order valence-electron chi connectivity index (χ3n) is 4.23. The number of methoxy groups -OCH3 is 1. The minimum absolute atomic E-state index is 0.364. The van der Waals surface area contributed by atoms with Gasteiger partial charge in [0.05, 0.1) is 7.11 Å². The molecule has 1 N–H and O–H groups in total. The topological polar surface area (TPSA) is 83.1 Å². The minimum Gasteiger partial charge on any atom is -0.493 e. The minimum atomic E-state index is -0.911. The SMILES string of the molecule is COc1cc(/C=C/C(=O)O[C@H](C)C(=O)NCc2ccccc2)cc2c1OCCO2. The van der Waals surface area contributed by atoms with Crippen molar-refractivity contribution in [2.45, 2.75) is 19.6 Å². The number of ether oxygens (including phenoxy) is 4. The van der Waals surface area contributed by atoms with Crippen LogP contribution in [0.3, 0.4) is 0 Å². The van der Waals surface area contributed by atoms with Crippen LogP contribution in [0.4, 0.5) is 0 Å². The molecule has 0 aromatic heterocycles. The van der Waals surface area contributed by atoms with Gasteiger partial charge in [0.1, 0.15) is 13.2 Å². The summed E-state index contributed by atoms with van der Waals surface area (Å²) in [6.45, 7) is 2.80. The van der Waals surface area contributed by atoms with Crippen molar-refractivity contribution in [1.82, 2.24) is 5.32 Å². The van der Waals surface area contributed by atoms with E-state index in [0.717, 1.165) is 5.56 Å². The molecule has 1 heterocycles. The first-order valence-corrected chi connectivity index (χ1v) is 9.25. The van der Waals surface area contributed by atoms with Crippen LogP contribution in [0, 0.1) is 0 Å². The zero-order valence-corrected chi connectivity index (χ0v) is 16.3. The van der Waals surface area contributed by atoms with Gasteiger partial charge in [0.15, 0.2) is 17.6 Å². The van der Waals surface area contributed by atoms with Crippen molar-refractivity contribution in [3.8, 4) is 17.2 Å². The predicted octanol–water partition coefficient (Wildman–Crippen LogP) is 2.73. The lowest BCUT2D eigenvalue weighted by molar-refractivity contribution is -0.150. The molecule has 152 valence electrons. The second kappa shape index (κ2) is 9.64. The fourth-order valence-electron chi connectivity index (χ4n) is 2.75. The van der Waals surface area contributed by atoms with E-state index in [2.05, 4.69) is 5.32 Å². The van der Waals surface area contributed by atoms with Crippen LogP contribution >= 0.6 is 0 Å². The van der Waals surface area contributed by atoms with Crippen LogP contribution in [-0.4, -0.2) is 38.3 Å². The molecule has 29 heavy (non-hydrogen) atoms. The van der Waals surface area contributed by atoms with Gasteiger partial charge < -0.3 is 24.3 Å². The zero-order valence-electron chi connectivity index (χ0n) is 16.3. The first-order chi connectivity index (χ1) is 14.1. The Morgan fingerprint density at radius 3 is 2.69 bits per heavy atom. The van der Waals surface area contributed by atoms with Crippen LogP contribution in [0.1, 0.15) is 18.1 Å². The first-order valence-electron chi connectivity index (χ1n) is 9.25. The second-order valence-corrected chi connectivity index (χ2v) is 6.36. The van der Waals surface area contributed by atoms with Crippen LogP contribution in [0.25, 0.3) is 6.08 Å². The summed E-state index contributed by atoms with van der Waals surface area (Å²) in [6.07, 6.45) is 1.91. The Kier molecular flexibility index (Phi) is 6.73. The van der Waals surface area contributed by atoms with Crippen molar-refractivity contribution in [2.75, 3.05) is 20.3 Å². The molecule has 3 rings (SSSR count). The fourth-order valence-corrected chi connectivity index (χ4v) is 2.75. The van der Waals surface area contributed by atoms with Crippen LogP contribution in [0.2, 0.25) is 0 Å². The normalized spacial score (nSPS) is 13.6. The van der Waals surface area contributed by atoms with Gasteiger partial charge in [-0.05, 0) is 36.3 Å². The number of fused-ring (bicyclic) bond motifs is 1. The Bertz CT molecular complexity index is 876. The van der Waals surface area contributed by atoms with Gasteiger partial charge in [0.25, 0.3) is 5.91 Å². The number of carbonyl (C=O) groups excluding carboxylic acids is 2. The van der Waals surface area contributed by atoms with Gasteiger partial charge in [-0.25, -0.2) is 4.79 Å². The monoisotopic (exact) mass is 397 g/mol. The van der Waals surface area contributed by atoms with Gasteiger partial charge in [-0.1, -0.05) is 30.3 Å². The van der Waals surface area contributed by atoms with Gasteiger partial charge >= 0.3 is 5.97 Å². The molecule has 2 aromatic rings. The molecule has 1 amide bonds. The summed E-state index contributed by atoms with van der Waals surface area (Å²) in [5.74, 6) is 0.626. The number of hydrogen-bond acceptors (Lipinski definition) is 6. The van der Waals surface area contributed by atoms with E-state index in [4.69, 9.17) is 18.9 Å². The van der Waals surface area contributed by atoms with Crippen molar-refractivity contribution < 1.29 is 28.5 Å². The predicted molar refractivity (Wildman–Crippen MR) is 107 cm³/mol. The molecule has 1 aliphatic rings. The molecular weight excluding hydrogens is 374 g/mol. The van der Waals surface area contributed by atoms with Gasteiger partial charge in [0, 0.05) is 12.6 Å². The highest BCUT2D eigenvalue weighted by Gasteiger charge is 2.19. The van der Waals surface area contributed by atoms with Crippen LogP contribution in [-0.2, 0) is 20.9 Å². The molecule has 0 radical (unpaired) electrons. The van der Waals surface area contributed by atoms with Crippen LogP contribution < -0.4 is 19.5 Å². The van der Waals surface area contributed by atoms with E-state index in [1.54, 1.807) is 18.2 Å². The lowest BCUT2D eigenvalue weighted by Gasteiger charge is -2.20. The highest BCUT2D eigenvalue weighted by Crippen LogP contribution is 2.40. The molecule has 0 aliphatic carbocycles. The summed E-state index contributed by atoms with van der Waals surface area (Å²) in [4.78, 5) is 24.2. The molecule has 0 bridgehead atoms. The molecule has 0 spiro atoms. The maximum atomic E-state index is 12.1. The lowest BCUT2D eigenvalue weighted by atomic mass is 10.1. The molecule has 0 unspecified atom stereocenters. The van der Waals surface area contributed by atoms with E-state index >= 15 is 0 Å². The molecular formula is C22H23NO6. The van der Waals surface area contributed by atoms with Gasteiger partial charge in [0.2, 0.25) is 5.75 Å². The summed E-state index contributed by atoms with van der Waals surface area (Å²) < 4.78 is 21.6. The van der Waals surface area contributed by atoms with E-state index in [-0.39, 0.29) is 5.91 Å². The fraction of sp³-hybridized carbons (Fsp3) is 0.273. The highest BCUT2D eigenvalue weighted by atomic mass is 16.6. The van der Waals surface area contributed by atoms with E-state index < -0.39 is 12.1 Å². The standard InChI is InChI=1S/C22H23NO6/c1-15(22(25)23-14-16-6-4-3-5-7-16)29-20(24)9-8-17-12-18(26-2)21-19(13-17)27-10-11-28-21/h3-9,12-13,15H,10-11,14H2,1-2H3,(H,23,25)/b9-8+/t15-/m1/s1. The number of amides is 1. The largest absolute Gasteiger partial charge is 0.493 e. The molecule has 0 saturated carbocycles.